The lowest BCUT2D eigenvalue weighted by molar-refractivity contribution is 0.597. The van der Waals surface area contributed by atoms with E-state index >= 15 is 0 Å². The van der Waals surface area contributed by atoms with Gasteiger partial charge in [0.25, 0.3) is 0 Å². The second-order valence-electron chi connectivity index (χ2n) is 4.91. The number of nitrogens with one attached hydrogen (secondary N) is 1. The minimum absolute atomic E-state index is 0.0372. The van der Waals surface area contributed by atoms with Crippen molar-refractivity contribution in [2.45, 2.75) is 25.2 Å². The monoisotopic (exact) mass is 305 g/mol. The van der Waals surface area contributed by atoms with Crippen molar-refractivity contribution in [1.29, 1.82) is 0 Å². The molecule has 0 amide bonds. The number of nitrogens with two attached hydrogens (primary N) is 2. The van der Waals surface area contributed by atoms with Crippen LogP contribution in [0.1, 0.15) is 18.1 Å². The van der Waals surface area contributed by atoms with Crippen LogP contribution < -0.4 is 16.2 Å². The largest absolute Gasteiger partial charge is 0.399 e. The van der Waals surface area contributed by atoms with Crippen LogP contribution in [0.2, 0.25) is 0 Å². The third kappa shape index (κ3) is 3.53. The first-order valence-electron chi connectivity index (χ1n) is 6.60. The molecule has 0 spiro atoms. The fraction of sp³-hybridized carbons (Fsp3) is 0.200. The van der Waals surface area contributed by atoms with Crippen molar-refractivity contribution in [2.75, 3.05) is 11.1 Å². The second-order valence-corrected chi connectivity index (χ2v) is 6.44. The average molecular weight is 305 g/mol. The highest BCUT2D eigenvalue weighted by Crippen LogP contribution is 2.28. The molecule has 21 heavy (non-hydrogen) atoms. The van der Waals surface area contributed by atoms with Crippen LogP contribution in [0.15, 0.2) is 41.3 Å². The molecule has 0 radical (unpaired) electrons. The minimum Gasteiger partial charge on any atom is -0.399 e. The van der Waals surface area contributed by atoms with E-state index in [1.807, 2.05) is 24.3 Å². The molecule has 6 heteroatoms. The van der Waals surface area contributed by atoms with E-state index in [-0.39, 0.29) is 4.90 Å². The number of nitrogen functional groups attached to an aromatic ring is 1. The van der Waals surface area contributed by atoms with Crippen LogP contribution in [0, 0.1) is 6.92 Å². The van der Waals surface area contributed by atoms with Crippen molar-refractivity contribution >= 4 is 27.1 Å². The zero-order valence-electron chi connectivity index (χ0n) is 12.1. The number of primary sulfonamides is 1. The van der Waals surface area contributed by atoms with E-state index in [0.717, 1.165) is 12.1 Å². The zero-order chi connectivity index (χ0) is 15.6. The molecule has 2 aromatic rings. The minimum atomic E-state index is -3.80. The molecule has 0 aliphatic carbocycles. The van der Waals surface area contributed by atoms with Crippen LogP contribution in [0.25, 0.3) is 0 Å². The van der Waals surface area contributed by atoms with Crippen LogP contribution in [-0.2, 0) is 16.4 Å². The first-order valence-corrected chi connectivity index (χ1v) is 8.14. The molecule has 5 N–H and O–H groups in total. The fourth-order valence-electron chi connectivity index (χ4n) is 2.11. The summed E-state index contributed by atoms with van der Waals surface area (Å²) in [6, 6.07) is 11.0. The third-order valence-corrected chi connectivity index (χ3v) is 4.37. The summed E-state index contributed by atoms with van der Waals surface area (Å²) in [7, 11) is -3.80. The number of anilines is 3. The van der Waals surface area contributed by atoms with Crippen LogP contribution in [0.4, 0.5) is 17.1 Å². The van der Waals surface area contributed by atoms with Gasteiger partial charge in [0, 0.05) is 17.1 Å². The number of sulfonamides is 1. The number of rotatable bonds is 4. The zero-order valence-corrected chi connectivity index (χ0v) is 12.9. The van der Waals surface area contributed by atoms with Crippen LogP contribution in [0.3, 0.4) is 0 Å². The average Bonchev–Trinajstić information content (AvgIpc) is 2.42. The van der Waals surface area contributed by atoms with Crippen molar-refractivity contribution in [3.63, 3.8) is 0 Å². The van der Waals surface area contributed by atoms with E-state index in [1.165, 1.54) is 11.6 Å². The Balaban J connectivity index is 2.42. The van der Waals surface area contributed by atoms with E-state index < -0.39 is 10.0 Å². The molecule has 0 heterocycles. The van der Waals surface area contributed by atoms with Gasteiger partial charge in [0.1, 0.15) is 0 Å². The Labute approximate surface area is 125 Å². The molecule has 0 aliphatic rings. The summed E-state index contributed by atoms with van der Waals surface area (Å²) in [4.78, 5) is 0.0372. The molecule has 5 nitrogen and oxygen atoms in total. The molecule has 2 aromatic carbocycles. The molecule has 2 rings (SSSR count). The van der Waals surface area contributed by atoms with Gasteiger partial charge in [-0.2, -0.15) is 0 Å². The first-order chi connectivity index (χ1) is 9.81. The van der Waals surface area contributed by atoms with Crippen LogP contribution >= 0.6 is 0 Å². The molecule has 0 saturated heterocycles. The molecule has 0 saturated carbocycles. The van der Waals surface area contributed by atoms with Crippen molar-refractivity contribution in [2.24, 2.45) is 5.14 Å². The maximum atomic E-state index is 11.6. The van der Waals surface area contributed by atoms with Crippen LogP contribution in [0.5, 0.6) is 0 Å². The van der Waals surface area contributed by atoms with Gasteiger partial charge in [-0.1, -0.05) is 19.1 Å². The lowest BCUT2D eigenvalue weighted by Gasteiger charge is -2.14. The van der Waals surface area contributed by atoms with Crippen molar-refractivity contribution < 1.29 is 8.42 Å². The summed E-state index contributed by atoms with van der Waals surface area (Å²) in [5, 5.41) is 8.39. The van der Waals surface area contributed by atoms with Gasteiger partial charge < -0.3 is 11.1 Å². The Morgan fingerprint density at radius 2 is 1.76 bits per heavy atom. The van der Waals surface area contributed by atoms with Gasteiger partial charge in [-0.15, -0.1) is 0 Å². The maximum absolute atomic E-state index is 11.6. The molecular formula is C15H19N3O2S. The summed E-state index contributed by atoms with van der Waals surface area (Å²) in [6.07, 6.45) is 0.965. The Bertz CT molecular complexity index is 753. The van der Waals surface area contributed by atoms with Gasteiger partial charge in [-0.05, 0) is 48.7 Å². The van der Waals surface area contributed by atoms with Gasteiger partial charge >= 0.3 is 0 Å². The molecule has 0 fully saturated rings. The molecule has 0 aliphatic heterocycles. The van der Waals surface area contributed by atoms with Gasteiger partial charge in [0.2, 0.25) is 10.0 Å². The molecule has 0 bridgehead atoms. The van der Waals surface area contributed by atoms with Crippen LogP contribution in [-0.4, -0.2) is 8.42 Å². The van der Waals surface area contributed by atoms with E-state index in [0.29, 0.717) is 16.9 Å². The van der Waals surface area contributed by atoms with Gasteiger partial charge in [-0.25, -0.2) is 13.6 Å². The smallest absolute Gasteiger partial charge is 0.238 e. The number of hydrogen-bond acceptors (Lipinski definition) is 4. The van der Waals surface area contributed by atoms with E-state index in [4.69, 9.17) is 10.9 Å². The lowest BCUT2D eigenvalue weighted by atomic mass is 10.1. The Morgan fingerprint density at radius 1 is 1.14 bits per heavy atom. The standard InChI is InChI=1S/C15H19N3O2S/c1-3-11-4-6-13(7-5-11)18-14-8-12(16)9-15(10(14)2)21(17,19)20/h4-9,18H,3,16H2,1-2H3,(H2,17,19,20). The topological polar surface area (TPSA) is 98.2 Å². The Hall–Kier alpha value is -2.05. The number of benzene rings is 2. The summed E-state index contributed by atoms with van der Waals surface area (Å²) < 4.78 is 23.2. The predicted molar refractivity (Wildman–Crippen MR) is 86.1 cm³/mol. The highest BCUT2D eigenvalue weighted by atomic mass is 32.2. The normalized spacial score (nSPS) is 11.4. The number of aryl methyl sites for hydroxylation is 1. The Morgan fingerprint density at radius 3 is 2.29 bits per heavy atom. The molecular weight excluding hydrogens is 286 g/mol. The first kappa shape index (κ1) is 15.3. The highest BCUT2D eigenvalue weighted by molar-refractivity contribution is 7.89. The predicted octanol–water partition coefficient (Wildman–Crippen LogP) is 2.53. The van der Waals surface area contributed by atoms with Gasteiger partial charge in [-0.3, -0.25) is 0 Å². The third-order valence-electron chi connectivity index (χ3n) is 3.33. The molecule has 112 valence electrons. The summed E-state index contributed by atoms with van der Waals surface area (Å²) in [6.45, 7) is 3.78. The highest BCUT2D eigenvalue weighted by Gasteiger charge is 2.15. The van der Waals surface area contributed by atoms with Gasteiger partial charge in [0.15, 0.2) is 0 Å². The van der Waals surface area contributed by atoms with E-state index in [2.05, 4.69) is 12.2 Å². The molecule has 0 atom stereocenters. The molecule has 0 aromatic heterocycles. The second kappa shape index (κ2) is 5.75. The summed E-state index contributed by atoms with van der Waals surface area (Å²) in [5.74, 6) is 0. The SMILES string of the molecule is CCc1ccc(Nc2cc(N)cc(S(N)(=O)=O)c2C)cc1. The van der Waals surface area contributed by atoms with Gasteiger partial charge in [0.05, 0.1) is 4.90 Å². The maximum Gasteiger partial charge on any atom is 0.238 e. The molecule has 0 unspecified atom stereocenters. The van der Waals surface area contributed by atoms with Crippen molar-refractivity contribution in [1.82, 2.24) is 0 Å². The summed E-state index contributed by atoms with van der Waals surface area (Å²) >= 11 is 0. The summed E-state index contributed by atoms with van der Waals surface area (Å²) in [5.41, 5.74) is 9.38. The Kier molecular flexibility index (Phi) is 4.20. The quantitative estimate of drug-likeness (QED) is 0.756. The number of hydrogen-bond donors (Lipinski definition) is 3. The van der Waals surface area contributed by atoms with E-state index in [9.17, 15) is 8.42 Å². The lowest BCUT2D eigenvalue weighted by Crippen LogP contribution is -2.15. The fourth-order valence-corrected chi connectivity index (χ4v) is 2.95. The van der Waals surface area contributed by atoms with Crippen molar-refractivity contribution in [3.8, 4) is 0 Å². The van der Waals surface area contributed by atoms with Crippen molar-refractivity contribution in [3.05, 3.63) is 47.5 Å². The van der Waals surface area contributed by atoms with E-state index in [1.54, 1.807) is 13.0 Å².